The van der Waals surface area contributed by atoms with Crippen LogP contribution in [0.5, 0.6) is 5.75 Å². The Morgan fingerprint density at radius 2 is 2.16 bits per heavy atom. The van der Waals surface area contributed by atoms with Gasteiger partial charge in [0.15, 0.2) is 6.10 Å². The van der Waals surface area contributed by atoms with Crippen molar-refractivity contribution in [3.8, 4) is 5.75 Å². The van der Waals surface area contributed by atoms with Crippen LogP contribution in [0.25, 0.3) is 0 Å². The molecule has 1 aromatic rings. The predicted octanol–water partition coefficient (Wildman–Crippen LogP) is 2.13. The lowest BCUT2D eigenvalue weighted by molar-refractivity contribution is -0.149. The van der Waals surface area contributed by atoms with Gasteiger partial charge in [0.05, 0.1) is 12.7 Å². The van der Waals surface area contributed by atoms with E-state index in [1.165, 1.54) is 0 Å². The van der Waals surface area contributed by atoms with Gasteiger partial charge in [-0.05, 0) is 44.0 Å². The van der Waals surface area contributed by atoms with Crippen molar-refractivity contribution in [1.82, 2.24) is 0 Å². The molecular formula is C14H19NO4. The van der Waals surface area contributed by atoms with Crippen molar-refractivity contribution < 1.29 is 19.4 Å². The lowest BCUT2D eigenvalue weighted by Crippen LogP contribution is -2.24. The highest BCUT2D eigenvalue weighted by Gasteiger charge is 2.30. The number of hydrogen-bond acceptors (Lipinski definition) is 4. The molecule has 1 aliphatic heterocycles. The van der Waals surface area contributed by atoms with Gasteiger partial charge in [-0.15, -0.1) is 0 Å². The minimum Gasteiger partial charge on any atom is -0.494 e. The van der Waals surface area contributed by atoms with Crippen LogP contribution in [0.3, 0.4) is 0 Å². The first kappa shape index (κ1) is 13.7. The highest BCUT2D eigenvalue weighted by Crippen LogP contribution is 2.21. The van der Waals surface area contributed by atoms with E-state index in [0.717, 1.165) is 17.9 Å². The van der Waals surface area contributed by atoms with Crippen LogP contribution in [-0.2, 0) is 9.53 Å². The monoisotopic (exact) mass is 265 g/mol. The lowest BCUT2D eigenvalue weighted by atomic mass is 10.2. The van der Waals surface area contributed by atoms with E-state index < -0.39 is 12.1 Å². The number of carbonyl (C=O) groups is 1. The Bertz CT molecular complexity index is 418. The van der Waals surface area contributed by atoms with E-state index in [1.54, 1.807) is 0 Å². The van der Waals surface area contributed by atoms with E-state index >= 15 is 0 Å². The standard InChI is InChI=1S/C14H19NO4/c1-2-18-11-5-3-10(4-6-11)15-9-12-7-8-13(19-12)14(16)17/h3-6,12-13,15H,2,7-9H2,1H3,(H,16,17). The second-order valence-electron chi connectivity index (χ2n) is 4.50. The molecule has 1 fully saturated rings. The van der Waals surface area contributed by atoms with E-state index in [-0.39, 0.29) is 6.10 Å². The molecule has 0 aromatic heterocycles. The molecule has 5 heteroatoms. The van der Waals surface area contributed by atoms with E-state index in [1.807, 2.05) is 31.2 Å². The van der Waals surface area contributed by atoms with Crippen molar-refractivity contribution in [1.29, 1.82) is 0 Å². The molecule has 1 heterocycles. The number of nitrogens with one attached hydrogen (secondary N) is 1. The Balaban J connectivity index is 1.78. The topological polar surface area (TPSA) is 67.8 Å². The Morgan fingerprint density at radius 3 is 2.74 bits per heavy atom. The maximum atomic E-state index is 10.8. The highest BCUT2D eigenvalue weighted by atomic mass is 16.5. The van der Waals surface area contributed by atoms with E-state index in [9.17, 15) is 4.79 Å². The van der Waals surface area contributed by atoms with Crippen LogP contribution in [0.2, 0.25) is 0 Å². The fourth-order valence-corrected chi connectivity index (χ4v) is 2.10. The summed E-state index contributed by atoms with van der Waals surface area (Å²) in [7, 11) is 0. The summed E-state index contributed by atoms with van der Waals surface area (Å²) in [4.78, 5) is 10.8. The summed E-state index contributed by atoms with van der Waals surface area (Å²) in [5.74, 6) is -0.0281. The van der Waals surface area contributed by atoms with Crippen molar-refractivity contribution in [3.05, 3.63) is 24.3 Å². The number of aliphatic carboxylic acids is 1. The number of ether oxygens (including phenoxy) is 2. The van der Waals surface area contributed by atoms with E-state index in [2.05, 4.69) is 5.32 Å². The van der Waals surface area contributed by atoms with Crippen LogP contribution >= 0.6 is 0 Å². The van der Waals surface area contributed by atoms with Gasteiger partial charge >= 0.3 is 5.97 Å². The van der Waals surface area contributed by atoms with Gasteiger partial charge in [0.25, 0.3) is 0 Å². The molecule has 2 atom stereocenters. The minimum atomic E-state index is -0.872. The third-order valence-electron chi connectivity index (χ3n) is 3.08. The van der Waals surface area contributed by atoms with Gasteiger partial charge in [-0.2, -0.15) is 0 Å². The molecule has 1 aromatic carbocycles. The number of carboxylic acids is 1. The normalized spacial score (nSPS) is 22.2. The summed E-state index contributed by atoms with van der Waals surface area (Å²) in [5.41, 5.74) is 0.978. The van der Waals surface area contributed by atoms with Crippen molar-refractivity contribution in [2.75, 3.05) is 18.5 Å². The second-order valence-corrected chi connectivity index (χ2v) is 4.50. The largest absolute Gasteiger partial charge is 0.494 e. The molecule has 0 amide bonds. The minimum absolute atomic E-state index is 0.0346. The van der Waals surface area contributed by atoms with Gasteiger partial charge in [-0.1, -0.05) is 0 Å². The molecule has 2 N–H and O–H groups in total. The lowest BCUT2D eigenvalue weighted by Gasteiger charge is -2.13. The first-order valence-corrected chi connectivity index (χ1v) is 6.54. The van der Waals surface area contributed by atoms with Crippen molar-refractivity contribution in [3.63, 3.8) is 0 Å². The molecule has 0 radical (unpaired) electrons. The van der Waals surface area contributed by atoms with Gasteiger partial charge in [0, 0.05) is 12.2 Å². The fraction of sp³-hybridized carbons (Fsp3) is 0.500. The molecular weight excluding hydrogens is 246 g/mol. The summed E-state index contributed by atoms with van der Waals surface area (Å²) in [6.45, 7) is 3.22. The van der Waals surface area contributed by atoms with Crippen LogP contribution in [-0.4, -0.2) is 36.4 Å². The number of rotatable bonds is 6. The molecule has 104 valence electrons. The SMILES string of the molecule is CCOc1ccc(NCC2CCC(C(=O)O)O2)cc1. The molecule has 1 saturated heterocycles. The zero-order valence-corrected chi connectivity index (χ0v) is 11.0. The number of anilines is 1. The fourth-order valence-electron chi connectivity index (χ4n) is 2.10. The quantitative estimate of drug-likeness (QED) is 0.824. The predicted molar refractivity (Wildman–Crippen MR) is 71.6 cm³/mol. The molecule has 0 saturated carbocycles. The average molecular weight is 265 g/mol. The molecule has 19 heavy (non-hydrogen) atoms. The summed E-state index contributed by atoms with van der Waals surface area (Å²) < 4.78 is 10.8. The molecule has 1 aliphatic rings. The van der Waals surface area contributed by atoms with Crippen molar-refractivity contribution in [2.24, 2.45) is 0 Å². The second kappa shape index (κ2) is 6.43. The molecule has 0 aliphatic carbocycles. The highest BCUT2D eigenvalue weighted by molar-refractivity contribution is 5.72. The Morgan fingerprint density at radius 1 is 1.42 bits per heavy atom. The third kappa shape index (κ3) is 3.86. The summed E-state index contributed by atoms with van der Waals surface area (Å²) in [6, 6.07) is 7.69. The zero-order valence-electron chi connectivity index (χ0n) is 11.0. The molecule has 2 rings (SSSR count). The molecule has 5 nitrogen and oxygen atoms in total. The zero-order chi connectivity index (χ0) is 13.7. The molecule has 0 spiro atoms. The maximum absolute atomic E-state index is 10.8. The van der Waals surface area contributed by atoms with Crippen LogP contribution in [0.1, 0.15) is 19.8 Å². The van der Waals surface area contributed by atoms with E-state index in [0.29, 0.717) is 19.6 Å². The van der Waals surface area contributed by atoms with Crippen molar-refractivity contribution in [2.45, 2.75) is 32.0 Å². The maximum Gasteiger partial charge on any atom is 0.332 e. The van der Waals surface area contributed by atoms with Crippen LogP contribution in [0.15, 0.2) is 24.3 Å². The van der Waals surface area contributed by atoms with Gasteiger partial charge in [-0.3, -0.25) is 0 Å². The van der Waals surface area contributed by atoms with Gasteiger partial charge in [0.2, 0.25) is 0 Å². The Hall–Kier alpha value is -1.75. The molecule has 0 bridgehead atoms. The van der Waals surface area contributed by atoms with Crippen LogP contribution < -0.4 is 10.1 Å². The van der Waals surface area contributed by atoms with Gasteiger partial charge in [-0.25, -0.2) is 4.79 Å². The number of carboxylic acid groups (broad SMARTS) is 1. The number of hydrogen-bond donors (Lipinski definition) is 2. The van der Waals surface area contributed by atoms with Crippen LogP contribution in [0.4, 0.5) is 5.69 Å². The average Bonchev–Trinajstić information content (AvgIpc) is 2.87. The van der Waals surface area contributed by atoms with Gasteiger partial charge in [0.1, 0.15) is 5.75 Å². The van der Waals surface area contributed by atoms with Crippen LogP contribution in [0, 0.1) is 0 Å². The third-order valence-corrected chi connectivity index (χ3v) is 3.08. The Labute approximate surface area is 112 Å². The Kier molecular flexibility index (Phi) is 4.63. The first-order chi connectivity index (χ1) is 9.19. The molecule has 2 unspecified atom stereocenters. The van der Waals surface area contributed by atoms with Crippen molar-refractivity contribution >= 4 is 11.7 Å². The smallest absolute Gasteiger partial charge is 0.332 e. The summed E-state index contributed by atoms with van der Waals surface area (Å²) in [6.07, 6.45) is 0.686. The van der Waals surface area contributed by atoms with Gasteiger partial charge < -0.3 is 19.9 Å². The summed E-state index contributed by atoms with van der Waals surface area (Å²) in [5, 5.41) is 12.1. The first-order valence-electron chi connectivity index (χ1n) is 6.54. The number of benzene rings is 1. The van der Waals surface area contributed by atoms with E-state index in [4.69, 9.17) is 14.6 Å². The summed E-state index contributed by atoms with van der Waals surface area (Å²) >= 11 is 0.